The van der Waals surface area contributed by atoms with Crippen molar-refractivity contribution in [1.29, 1.82) is 0 Å². The lowest BCUT2D eigenvalue weighted by Crippen LogP contribution is -2.40. The Balaban J connectivity index is 0.000000608. The third-order valence-corrected chi connectivity index (χ3v) is 7.08. The van der Waals surface area contributed by atoms with E-state index in [9.17, 15) is 4.79 Å². The van der Waals surface area contributed by atoms with Crippen LogP contribution in [0.15, 0.2) is 71.4 Å². The van der Waals surface area contributed by atoms with Gasteiger partial charge < -0.3 is 15.7 Å². The van der Waals surface area contributed by atoms with Gasteiger partial charge in [0.2, 0.25) is 5.91 Å². The molecule has 1 saturated heterocycles. The van der Waals surface area contributed by atoms with Crippen molar-refractivity contribution in [3.63, 3.8) is 0 Å². The number of benzene rings is 1. The molecule has 0 saturated carbocycles. The highest BCUT2D eigenvalue weighted by Gasteiger charge is 2.18. The Bertz CT molecular complexity index is 1010. The summed E-state index contributed by atoms with van der Waals surface area (Å²) in [4.78, 5) is 17.9. The molecule has 1 aromatic carbocycles. The second-order valence-electron chi connectivity index (χ2n) is 11.0. The maximum Gasteiger partial charge on any atom is 0.248 e. The molecule has 0 aliphatic carbocycles. The topological polar surface area (TPSA) is 78.9 Å². The molecule has 1 heterocycles. The monoisotopic (exact) mass is 551 g/mol. The molecule has 5 heteroatoms. The minimum absolute atomic E-state index is 0.377. The fraction of sp³-hybridized carbons (Fsp3) is 0.543. The SMILES string of the molecule is C=C(C)/C(C)=C\C=C(/C)c1cccc(C(N)=O)c1.C=C(C)N=C(C)N1CCCC[C@@H]1C.CCCC(CO)CCC. The van der Waals surface area contributed by atoms with Gasteiger partial charge in [0.25, 0.3) is 0 Å². The molecule has 40 heavy (non-hydrogen) atoms. The van der Waals surface area contributed by atoms with Crippen molar-refractivity contribution in [2.24, 2.45) is 16.6 Å². The highest BCUT2D eigenvalue weighted by molar-refractivity contribution is 5.93. The number of nitrogens with two attached hydrogens (primary N) is 1. The van der Waals surface area contributed by atoms with Crippen molar-refractivity contribution < 1.29 is 9.90 Å². The van der Waals surface area contributed by atoms with E-state index >= 15 is 0 Å². The number of hydrogen-bond acceptors (Lipinski definition) is 3. The van der Waals surface area contributed by atoms with Crippen molar-refractivity contribution >= 4 is 17.3 Å². The van der Waals surface area contributed by atoms with Gasteiger partial charge in [-0.2, -0.15) is 0 Å². The minimum Gasteiger partial charge on any atom is -0.396 e. The number of carbonyl (C=O) groups is 1. The fourth-order valence-corrected chi connectivity index (χ4v) is 4.47. The van der Waals surface area contributed by atoms with Crippen LogP contribution < -0.4 is 5.73 Å². The molecule has 1 aliphatic heterocycles. The Morgan fingerprint density at radius 3 is 2.15 bits per heavy atom. The smallest absolute Gasteiger partial charge is 0.248 e. The van der Waals surface area contributed by atoms with E-state index < -0.39 is 5.91 Å². The van der Waals surface area contributed by atoms with Crippen LogP contribution in [-0.2, 0) is 0 Å². The predicted molar refractivity (Wildman–Crippen MR) is 176 cm³/mol. The zero-order valence-electron chi connectivity index (χ0n) is 26.7. The lowest BCUT2D eigenvalue weighted by Gasteiger charge is -2.34. The highest BCUT2D eigenvalue weighted by atomic mass is 16.3. The lowest BCUT2D eigenvalue weighted by atomic mass is 10.00. The van der Waals surface area contributed by atoms with Crippen LogP contribution in [0.4, 0.5) is 0 Å². The normalized spacial score (nSPS) is 16.0. The van der Waals surface area contributed by atoms with E-state index in [4.69, 9.17) is 10.8 Å². The van der Waals surface area contributed by atoms with Gasteiger partial charge in [0.15, 0.2) is 0 Å². The van der Waals surface area contributed by atoms with Crippen molar-refractivity contribution in [3.8, 4) is 0 Å². The van der Waals surface area contributed by atoms with Gasteiger partial charge in [-0.3, -0.25) is 4.79 Å². The van der Waals surface area contributed by atoms with Crippen molar-refractivity contribution in [2.75, 3.05) is 13.2 Å². The van der Waals surface area contributed by atoms with Crippen LogP contribution in [0.1, 0.15) is 116 Å². The molecule has 0 unspecified atom stereocenters. The minimum atomic E-state index is -0.404. The number of likely N-dealkylation sites (tertiary alicyclic amines) is 1. The second kappa shape index (κ2) is 20.9. The van der Waals surface area contributed by atoms with E-state index in [0.29, 0.717) is 24.1 Å². The summed E-state index contributed by atoms with van der Waals surface area (Å²) >= 11 is 0. The summed E-state index contributed by atoms with van der Waals surface area (Å²) in [6.07, 6.45) is 12.8. The van der Waals surface area contributed by atoms with Gasteiger partial charge in [-0.1, -0.05) is 69.7 Å². The number of amidine groups is 1. The molecular formula is C35H57N3O2. The van der Waals surface area contributed by atoms with E-state index in [-0.39, 0.29) is 0 Å². The summed E-state index contributed by atoms with van der Waals surface area (Å²) in [6.45, 7) is 25.8. The Morgan fingerprint density at radius 1 is 1.07 bits per heavy atom. The number of primary amides is 1. The van der Waals surface area contributed by atoms with Gasteiger partial charge in [0, 0.05) is 30.5 Å². The van der Waals surface area contributed by atoms with Crippen molar-refractivity contribution in [1.82, 2.24) is 4.90 Å². The summed E-state index contributed by atoms with van der Waals surface area (Å²) in [5.74, 6) is 1.29. The molecule has 1 amide bonds. The number of aliphatic hydroxyl groups excluding tert-OH is 1. The maximum atomic E-state index is 11.1. The predicted octanol–water partition coefficient (Wildman–Crippen LogP) is 8.72. The van der Waals surface area contributed by atoms with Gasteiger partial charge in [-0.15, -0.1) is 0 Å². The van der Waals surface area contributed by atoms with E-state index in [1.807, 2.05) is 52.0 Å². The van der Waals surface area contributed by atoms with Gasteiger partial charge in [0.05, 0.1) is 0 Å². The molecule has 1 fully saturated rings. The summed E-state index contributed by atoms with van der Waals surface area (Å²) in [5, 5.41) is 8.79. The average Bonchev–Trinajstić information content (AvgIpc) is 2.91. The van der Waals surface area contributed by atoms with Crippen LogP contribution in [-0.4, -0.2) is 40.9 Å². The van der Waals surface area contributed by atoms with E-state index in [0.717, 1.165) is 40.4 Å². The summed E-state index contributed by atoms with van der Waals surface area (Å²) in [5.41, 5.74) is 11.0. The van der Waals surface area contributed by atoms with E-state index in [2.05, 4.69) is 50.7 Å². The molecular weight excluding hydrogens is 494 g/mol. The van der Waals surface area contributed by atoms with Crippen LogP contribution >= 0.6 is 0 Å². The quantitative estimate of drug-likeness (QED) is 0.173. The first-order chi connectivity index (χ1) is 18.9. The van der Waals surface area contributed by atoms with Crippen LogP contribution in [0.25, 0.3) is 5.57 Å². The standard InChI is InChI=1S/C16H19NO.C11H20N2.C8H18O/c1-11(2)12(3)8-9-13(4)14-6-5-7-15(10-14)16(17)18;1-9(2)12-11(4)13-8-6-5-7-10(13)3;1-3-5-8(7-9)6-4-2/h5-10H,1H2,2-4H3,(H2,17,18);10H,1,5-8H2,2-4H3;8-9H,3-7H2,1-2H3/b12-8-,13-9+;;/t;10-;/m.0./s1. The number of nitrogens with zero attached hydrogens (tertiary/aromatic N) is 2. The van der Waals surface area contributed by atoms with Crippen LogP contribution in [0.3, 0.4) is 0 Å². The van der Waals surface area contributed by atoms with Gasteiger partial charge in [0.1, 0.15) is 5.84 Å². The molecule has 2 rings (SSSR count). The number of rotatable bonds is 10. The van der Waals surface area contributed by atoms with Crippen molar-refractivity contribution in [2.45, 2.75) is 106 Å². The zero-order valence-corrected chi connectivity index (χ0v) is 26.7. The Hall–Kier alpha value is -2.92. The van der Waals surface area contributed by atoms with Crippen LogP contribution in [0, 0.1) is 5.92 Å². The van der Waals surface area contributed by atoms with E-state index in [1.165, 1.54) is 44.9 Å². The third kappa shape index (κ3) is 15.6. The van der Waals surface area contributed by atoms with Gasteiger partial charge in [-0.25, -0.2) is 4.99 Å². The Kier molecular flexibility index (Phi) is 19.4. The average molecular weight is 552 g/mol. The number of hydrogen-bond donors (Lipinski definition) is 2. The zero-order chi connectivity index (χ0) is 30.7. The first-order valence-corrected chi connectivity index (χ1v) is 14.9. The van der Waals surface area contributed by atoms with Gasteiger partial charge in [-0.05, 0) is 108 Å². The molecule has 1 aromatic rings. The Morgan fingerprint density at radius 2 is 1.68 bits per heavy atom. The highest BCUT2D eigenvalue weighted by Crippen LogP contribution is 2.18. The molecule has 5 nitrogen and oxygen atoms in total. The molecule has 0 radical (unpaired) electrons. The van der Waals surface area contributed by atoms with E-state index in [1.54, 1.807) is 12.1 Å². The number of aliphatic hydroxyl groups is 1. The molecule has 0 bridgehead atoms. The largest absolute Gasteiger partial charge is 0.396 e. The molecule has 0 spiro atoms. The number of allylic oxidation sites excluding steroid dienone is 6. The number of carbonyl (C=O) groups excluding carboxylic acids is 1. The Labute approximate surface area is 245 Å². The molecule has 1 atom stereocenters. The first kappa shape index (κ1) is 37.1. The number of amides is 1. The molecule has 3 N–H and O–H groups in total. The van der Waals surface area contributed by atoms with Crippen molar-refractivity contribution in [3.05, 3.63) is 77.5 Å². The molecule has 0 aromatic heterocycles. The summed E-state index contributed by atoms with van der Waals surface area (Å²) in [7, 11) is 0. The van der Waals surface area contributed by atoms with Crippen LogP contribution in [0.2, 0.25) is 0 Å². The molecule has 1 aliphatic rings. The third-order valence-electron chi connectivity index (χ3n) is 7.08. The maximum absolute atomic E-state index is 11.1. The first-order valence-electron chi connectivity index (χ1n) is 14.9. The summed E-state index contributed by atoms with van der Waals surface area (Å²) < 4.78 is 0. The molecule has 224 valence electrons. The van der Waals surface area contributed by atoms with Gasteiger partial charge >= 0.3 is 0 Å². The lowest BCUT2D eigenvalue weighted by molar-refractivity contribution is 0.1000. The van der Waals surface area contributed by atoms with Crippen LogP contribution in [0.5, 0.6) is 0 Å². The summed E-state index contributed by atoms with van der Waals surface area (Å²) in [6, 6.07) is 7.97. The fourth-order valence-electron chi connectivity index (χ4n) is 4.47. The second-order valence-corrected chi connectivity index (χ2v) is 11.0. The number of piperidine rings is 1. The number of aliphatic imine (C=N–C) groups is 1.